The number of nitrogens with one attached hydrogen (secondary N) is 1. The van der Waals surface area contributed by atoms with Crippen LogP contribution in [-0.2, 0) is 0 Å². The lowest BCUT2D eigenvalue weighted by Crippen LogP contribution is -2.58. The van der Waals surface area contributed by atoms with Gasteiger partial charge in [-0.2, -0.15) is 0 Å². The number of nitrogens with zero attached hydrogens (tertiary/aromatic N) is 1. The molecule has 0 heterocycles. The highest BCUT2D eigenvalue weighted by Crippen LogP contribution is 2.37. The molecule has 0 saturated heterocycles. The minimum Gasteiger partial charge on any atom is -0.312 e. The SMILES string of the molecule is CN(C)C1(CNC2CCCCC2c2ccccc2)CCC1. The Labute approximate surface area is 129 Å². The molecule has 2 aliphatic carbocycles. The third-order valence-corrected chi connectivity index (χ3v) is 5.92. The van der Waals surface area contributed by atoms with Crippen LogP contribution >= 0.6 is 0 Å². The van der Waals surface area contributed by atoms with E-state index >= 15 is 0 Å². The molecule has 2 fully saturated rings. The van der Waals surface area contributed by atoms with Crippen LogP contribution in [0.4, 0.5) is 0 Å². The second-order valence-electron chi connectivity index (χ2n) is 7.26. The molecule has 1 N–H and O–H groups in total. The van der Waals surface area contributed by atoms with Gasteiger partial charge in [0.1, 0.15) is 0 Å². The third-order valence-electron chi connectivity index (χ3n) is 5.92. The maximum atomic E-state index is 3.95. The summed E-state index contributed by atoms with van der Waals surface area (Å²) in [6, 6.07) is 11.8. The molecule has 2 aliphatic rings. The summed E-state index contributed by atoms with van der Waals surface area (Å²) in [4.78, 5) is 2.45. The zero-order valence-corrected chi connectivity index (χ0v) is 13.6. The van der Waals surface area contributed by atoms with E-state index in [2.05, 4.69) is 54.6 Å². The van der Waals surface area contributed by atoms with Gasteiger partial charge in [-0.05, 0) is 57.7 Å². The van der Waals surface area contributed by atoms with E-state index in [0.29, 0.717) is 17.5 Å². The van der Waals surface area contributed by atoms with Crippen LogP contribution in [-0.4, -0.2) is 37.1 Å². The number of hydrogen-bond donors (Lipinski definition) is 1. The van der Waals surface area contributed by atoms with Crippen molar-refractivity contribution in [1.82, 2.24) is 10.2 Å². The Morgan fingerprint density at radius 2 is 1.76 bits per heavy atom. The topological polar surface area (TPSA) is 15.3 Å². The van der Waals surface area contributed by atoms with Gasteiger partial charge in [0.15, 0.2) is 0 Å². The highest BCUT2D eigenvalue weighted by Gasteiger charge is 2.39. The summed E-state index contributed by atoms with van der Waals surface area (Å²) in [6.07, 6.45) is 9.56. The van der Waals surface area contributed by atoms with Crippen molar-refractivity contribution in [2.75, 3.05) is 20.6 Å². The molecule has 2 heteroatoms. The first kappa shape index (κ1) is 15.1. The van der Waals surface area contributed by atoms with Gasteiger partial charge in [-0.15, -0.1) is 0 Å². The van der Waals surface area contributed by atoms with Crippen LogP contribution in [0, 0.1) is 0 Å². The first-order valence-electron chi connectivity index (χ1n) is 8.67. The van der Waals surface area contributed by atoms with Gasteiger partial charge in [-0.1, -0.05) is 43.2 Å². The lowest BCUT2D eigenvalue weighted by molar-refractivity contribution is 0.0545. The summed E-state index contributed by atoms with van der Waals surface area (Å²) in [5.41, 5.74) is 1.96. The van der Waals surface area contributed by atoms with E-state index in [-0.39, 0.29) is 0 Å². The number of rotatable bonds is 5. The molecule has 0 aliphatic heterocycles. The Bertz CT molecular complexity index is 436. The fourth-order valence-electron chi connectivity index (χ4n) is 4.16. The fourth-order valence-corrected chi connectivity index (χ4v) is 4.16. The van der Waals surface area contributed by atoms with Gasteiger partial charge in [0.05, 0.1) is 0 Å². The van der Waals surface area contributed by atoms with Crippen molar-refractivity contribution in [3.63, 3.8) is 0 Å². The lowest BCUT2D eigenvalue weighted by atomic mass is 9.74. The molecule has 0 bridgehead atoms. The monoisotopic (exact) mass is 286 g/mol. The van der Waals surface area contributed by atoms with Crippen molar-refractivity contribution in [3.05, 3.63) is 35.9 Å². The van der Waals surface area contributed by atoms with E-state index in [1.165, 1.54) is 50.5 Å². The van der Waals surface area contributed by atoms with Gasteiger partial charge in [-0.3, -0.25) is 0 Å². The van der Waals surface area contributed by atoms with Crippen molar-refractivity contribution in [2.24, 2.45) is 0 Å². The number of likely N-dealkylation sites (N-methyl/N-ethyl adjacent to an activating group) is 1. The highest BCUT2D eigenvalue weighted by atomic mass is 15.2. The summed E-state index contributed by atoms with van der Waals surface area (Å²) >= 11 is 0. The zero-order chi connectivity index (χ0) is 14.7. The van der Waals surface area contributed by atoms with Crippen LogP contribution < -0.4 is 5.32 Å². The summed E-state index contributed by atoms with van der Waals surface area (Å²) in [6.45, 7) is 1.16. The molecule has 0 spiro atoms. The quantitative estimate of drug-likeness (QED) is 0.886. The maximum Gasteiger partial charge on any atom is 0.0328 e. The standard InChI is InChI=1S/C19H30N2/c1-21(2)19(13-8-14-19)15-20-18-12-7-6-11-17(18)16-9-4-3-5-10-16/h3-5,9-10,17-18,20H,6-8,11-15H2,1-2H3. The molecule has 0 radical (unpaired) electrons. The molecule has 2 nitrogen and oxygen atoms in total. The number of hydrogen-bond acceptors (Lipinski definition) is 2. The average molecular weight is 286 g/mol. The minimum atomic E-state index is 0.429. The average Bonchev–Trinajstić information content (AvgIpc) is 2.47. The smallest absolute Gasteiger partial charge is 0.0328 e. The maximum absolute atomic E-state index is 3.95. The molecular formula is C19H30N2. The van der Waals surface area contributed by atoms with E-state index in [1.807, 2.05) is 0 Å². The molecule has 116 valence electrons. The van der Waals surface area contributed by atoms with Crippen molar-refractivity contribution in [3.8, 4) is 0 Å². The Balaban J connectivity index is 1.65. The molecule has 2 atom stereocenters. The Hall–Kier alpha value is -0.860. The fraction of sp³-hybridized carbons (Fsp3) is 0.684. The predicted molar refractivity (Wildman–Crippen MR) is 89.7 cm³/mol. The van der Waals surface area contributed by atoms with E-state index < -0.39 is 0 Å². The van der Waals surface area contributed by atoms with Crippen molar-refractivity contribution >= 4 is 0 Å². The lowest BCUT2D eigenvalue weighted by Gasteiger charge is -2.49. The van der Waals surface area contributed by atoms with E-state index in [1.54, 1.807) is 0 Å². The number of benzene rings is 1. The molecule has 2 saturated carbocycles. The molecular weight excluding hydrogens is 256 g/mol. The van der Waals surface area contributed by atoms with E-state index in [9.17, 15) is 0 Å². The summed E-state index contributed by atoms with van der Waals surface area (Å²) in [7, 11) is 4.49. The van der Waals surface area contributed by atoms with Crippen LogP contribution in [0.3, 0.4) is 0 Å². The Kier molecular flexibility index (Phi) is 4.66. The molecule has 1 aromatic rings. The van der Waals surface area contributed by atoms with Gasteiger partial charge in [0.2, 0.25) is 0 Å². The van der Waals surface area contributed by atoms with Gasteiger partial charge in [0.25, 0.3) is 0 Å². The zero-order valence-electron chi connectivity index (χ0n) is 13.6. The Morgan fingerprint density at radius 3 is 2.38 bits per heavy atom. The first-order valence-corrected chi connectivity index (χ1v) is 8.67. The largest absolute Gasteiger partial charge is 0.312 e. The summed E-state index contributed by atoms with van der Waals surface area (Å²) in [5.74, 6) is 0.708. The van der Waals surface area contributed by atoms with E-state index in [4.69, 9.17) is 0 Å². The van der Waals surface area contributed by atoms with Crippen molar-refractivity contribution in [2.45, 2.75) is 62.4 Å². The van der Waals surface area contributed by atoms with Crippen LogP contribution in [0.2, 0.25) is 0 Å². The molecule has 21 heavy (non-hydrogen) atoms. The van der Waals surface area contributed by atoms with Gasteiger partial charge in [0, 0.05) is 18.1 Å². The molecule has 3 rings (SSSR count). The van der Waals surface area contributed by atoms with Gasteiger partial charge < -0.3 is 10.2 Å². The van der Waals surface area contributed by atoms with Gasteiger partial charge in [-0.25, -0.2) is 0 Å². The second kappa shape index (κ2) is 6.50. The van der Waals surface area contributed by atoms with Crippen LogP contribution in [0.25, 0.3) is 0 Å². The molecule has 0 aromatic heterocycles. The van der Waals surface area contributed by atoms with Crippen LogP contribution in [0.15, 0.2) is 30.3 Å². The normalized spacial score (nSPS) is 28.3. The van der Waals surface area contributed by atoms with Crippen molar-refractivity contribution < 1.29 is 0 Å². The predicted octanol–water partition coefficient (Wildman–Crippen LogP) is 3.79. The van der Waals surface area contributed by atoms with E-state index in [0.717, 1.165) is 6.54 Å². The minimum absolute atomic E-state index is 0.429. The molecule has 0 amide bonds. The third kappa shape index (κ3) is 3.17. The highest BCUT2D eigenvalue weighted by molar-refractivity contribution is 5.22. The Morgan fingerprint density at radius 1 is 1.05 bits per heavy atom. The molecule has 2 unspecified atom stereocenters. The first-order chi connectivity index (χ1) is 10.2. The summed E-state index contributed by atoms with van der Waals surface area (Å²) in [5, 5.41) is 3.95. The van der Waals surface area contributed by atoms with Crippen LogP contribution in [0.5, 0.6) is 0 Å². The second-order valence-corrected chi connectivity index (χ2v) is 7.26. The van der Waals surface area contributed by atoms with Gasteiger partial charge >= 0.3 is 0 Å². The molecule has 1 aromatic carbocycles. The summed E-state index contributed by atoms with van der Waals surface area (Å²) < 4.78 is 0. The van der Waals surface area contributed by atoms with Crippen molar-refractivity contribution in [1.29, 1.82) is 0 Å². The van der Waals surface area contributed by atoms with Crippen LogP contribution in [0.1, 0.15) is 56.4 Å².